The molecule has 0 fully saturated rings. The van der Waals surface area contributed by atoms with Crippen LogP contribution in [0.25, 0.3) is 0 Å². The lowest BCUT2D eigenvalue weighted by Crippen LogP contribution is -2.30. The third kappa shape index (κ3) is 3.80. The molecule has 0 unspecified atom stereocenters. The zero-order chi connectivity index (χ0) is 16.1. The molecule has 5 heteroatoms. The fraction of sp³-hybridized carbons (Fsp3) is 0.333. The molecule has 0 saturated carbocycles. The Morgan fingerprint density at radius 2 is 2.13 bits per heavy atom. The molecule has 1 aliphatic heterocycles. The molecule has 1 aromatic heterocycles. The minimum absolute atomic E-state index is 0.485. The fourth-order valence-electron chi connectivity index (χ4n) is 2.48. The van der Waals surface area contributed by atoms with Gasteiger partial charge in [-0.3, -0.25) is 4.99 Å². The van der Waals surface area contributed by atoms with Gasteiger partial charge in [0, 0.05) is 39.1 Å². The van der Waals surface area contributed by atoms with E-state index < -0.39 is 0 Å². The molecule has 0 bridgehead atoms. The van der Waals surface area contributed by atoms with Crippen LogP contribution >= 0.6 is 0 Å². The van der Waals surface area contributed by atoms with Crippen molar-refractivity contribution in [3.8, 4) is 5.88 Å². The Morgan fingerprint density at radius 3 is 2.91 bits per heavy atom. The normalized spacial score (nSPS) is 13.9. The molecule has 0 saturated heterocycles. The number of hydrogen-bond donors (Lipinski definition) is 1. The van der Waals surface area contributed by atoms with Gasteiger partial charge in [0.25, 0.3) is 0 Å². The SMILES string of the molecule is CN(C)c1cccc(COc2ncccc2C2=NCCCN2)c1. The lowest BCUT2D eigenvalue weighted by atomic mass is 10.2. The highest BCUT2D eigenvalue weighted by Crippen LogP contribution is 2.19. The van der Waals surface area contributed by atoms with Crippen molar-refractivity contribution in [2.45, 2.75) is 13.0 Å². The zero-order valence-corrected chi connectivity index (χ0v) is 13.6. The van der Waals surface area contributed by atoms with E-state index in [0.29, 0.717) is 12.5 Å². The first-order chi connectivity index (χ1) is 11.2. The first-order valence-corrected chi connectivity index (χ1v) is 7.87. The molecule has 0 radical (unpaired) electrons. The van der Waals surface area contributed by atoms with Crippen LogP contribution in [-0.2, 0) is 6.61 Å². The smallest absolute Gasteiger partial charge is 0.224 e. The first-order valence-electron chi connectivity index (χ1n) is 7.87. The third-order valence-corrected chi connectivity index (χ3v) is 3.73. The van der Waals surface area contributed by atoms with Crippen LogP contribution in [-0.4, -0.2) is 38.0 Å². The van der Waals surface area contributed by atoms with Crippen LogP contribution < -0.4 is 15.0 Å². The minimum Gasteiger partial charge on any atom is -0.472 e. The quantitative estimate of drug-likeness (QED) is 0.922. The summed E-state index contributed by atoms with van der Waals surface area (Å²) in [6.07, 6.45) is 2.82. The van der Waals surface area contributed by atoms with Gasteiger partial charge in [0.05, 0.1) is 5.56 Å². The van der Waals surface area contributed by atoms with Gasteiger partial charge < -0.3 is 15.0 Å². The van der Waals surface area contributed by atoms with E-state index in [9.17, 15) is 0 Å². The summed E-state index contributed by atoms with van der Waals surface area (Å²) in [5.74, 6) is 1.50. The van der Waals surface area contributed by atoms with Gasteiger partial charge in [0.2, 0.25) is 5.88 Å². The Kier molecular flexibility index (Phi) is 4.76. The predicted octanol–water partition coefficient (Wildman–Crippen LogP) is 2.47. The Balaban J connectivity index is 1.76. The van der Waals surface area contributed by atoms with Crippen LogP contribution in [0.1, 0.15) is 17.5 Å². The van der Waals surface area contributed by atoms with Gasteiger partial charge in [-0.25, -0.2) is 4.98 Å². The van der Waals surface area contributed by atoms with Gasteiger partial charge in [-0.15, -0.1) is 0 Å². The molecular formula is C18H22N4O. The summed E-state index contributed by atoms with van der Waals surface area (Å²) in [7, 11) is 4.06. The van der Waals surface area contributed by atoms with Crippen molar-refractivity contribution in [2.75, 3.05) is 32.1 Å². The van der Waals surface area contributed by atoms with E-state index in [4.69, 9.17) is 4.74 Å². The Bertz CT molecular complexity index is 697. The van der Waals surface area contributed by atoms with Crippen molar-refractivity contribution in [3.05, 3.63) is 53.7 Å². The standard InChI is InChI=1S/C18H22N4O/c1-22(2)15-7-3-6-14(12-15)13-23-18-16(8-4-9-21-18)17-19-10-5-11-20-17/h3-4,6-9,12H,5,10-11,13H2,1-2H3,(H,19,20). The Labute approximate surface area is 137 Å². The number of ether oxygens (including phenoxy) is 1. The van der Waals surface area contributed by atoms with E-state index in [2.05, 4.69) is 38.4 Å². The number of pyridine rings is 1. The van der Waals surface area contributed by atoms with Crippen molar-refractivity contribution in [1.82, 2.24) is 10.3 Å². The molecule has 1 N–H and O–H groups in total. The molecule has 1 aliphatic rings. The summed E-state index contributed by atoms with van der Waals surface area (Å²) >= 11 is 0. The van der Waals surface area contributed by atoms with E-state index in [1.54, 1.807) is 6.20 Å². The van der Waals surface area contributed by atoms with Gasteiger partial charge in [0.15, 0.2) is 0 Å². The van der Waals surface area contributed by atoms with E-state index in [1.807, 2.05) is 32.3 Å². The lowest BCUT2D eigenvalue weighted by molar-refractivity contribution is 0.293. The second-order valence-electron chi connectivity index (χ2n) is 5.72. The summed E-state index contributed by atoms with van der Waals surface area (Å²) in [5, 5.41) is 3.32. The molecule has 5 nitrogen and oxygen atoms in total. The number of hydrogen-bond acceptors (Lipinski definition) is 5. The largest absolute Gasteiger partial charge is 0.472 e. The average molecular weight is 310 g/mol. The number of rotatable bonds is 5. The van der Waals surface area contributed by atoms with Crippen molar-refractivity contribution in [3.63, 3.8) is 0 Å². The molecule has 23 heavy (non-hydrogen) atoms. The summed E-state index contributed by atoms with van der Waals surface area (Å²) in [5.41, 5.74) is 3.20. The summed E-state index contributed by atoms with van der Waals surface area (Å²) in [6.45, 7) is 2.28. The molecule has 120 valence electrons. The molecule has 2 heterocycles. The topological polar surface area (TPSA) is 49.8 Å². The number of anilines is 1. The summed E-state index contributed by atoms with van der Waals surface area (Å²) < 4.78 is 5.96. The van der Waals surface area contributed by atoms with E-state index in [0.717, 1.165) is 42.2 Å². The number of aromatic nitrogens is 1. The molecule has 3 rings (SSSR count). The highest BCUT2D eigenvalue weighted by atomic mass is 16.5. The second kappa shape index (κ2) is 7.13. The summed E-state index contributed by atoms with van der Waals surface area (Å²) in [4.78, 5) is 11.0. The van der Waals surface area contributed by atoms with Gasteiger partial charge in [-0.1, -0.05) is 12.1 Å². The average Bonchev–Trinajstić information content (AvgIpc) is 2.61. The van der Waals surface area contributed by atoms with Crippen molar-refractivity contribution >= 4 is 11.5 Å². The van der Waals surface area contributed by atoms with Crippen molar-refractivity contribution < 1.29 is 4.74 Å². The maximum Gasteiger partial charge on any atom is 0.224 e. The number of nitrogens with one attached hydrogen (secondary N) is 1. The highest BCUT2D eigenvalue weighted by molar-refractivity contribution is 6.00. The van der Waals surface area contributed by atoms with E-state index >= 15 is 0 Å². The molecule has 2 aromatic rings. The van der Waals surface area contributed by atoms with Crippen molar-refractivity contribution in [2.24, 2.45) is 4.99 Å². The van der Waals surface area contributed by atoms with Gasteiger partial charge >= 0.3 is 0 Å². The van der Waals surface area contributed by atoms with Gasteiger partial charge in [-0.05, 0) is 36.2 Å². The van der Waals surface area contributed by atoms with Crippen LogP contribution in [0.4, 0.5) is 5.69 Å². The minimum atomic E-state index is 0.485. The third-order valence-electron chi connectivity index (χ3n) is 3.73. The Hall–Kier alpha value is -2.56. The van der Waals surface area contributed by atoms with Gasteiger partial charge in [0.1, 0.15) is 12.4 Å². The van der Waals surface area contributed by atoms with Crippen molar-refractivity contribution in [1.29, 1.82) is 0 Å². The molecule has 0 spiro atoms. The number of nitrogens with zero attached hydrogens (tertiary/aromatic N) is 3. The number of amidine groups is 1. The van der Waals surface area contributed by atoms with E-state index in [-0.39, 0.29) is 0 Å². The van der Waals surface area contributed by atoms with Crippen LogP contribution in [0.3, 0.4) is 0 Å². The van der Waals surface area contributed by atoms with Crippen LogP contribution in [0.5, 0.6) is 5.88 Å². The van der Waals surface area contributed by atoms with Crippen LogP contribution in [0.2, 0.25) is 0 Å². The van der Waals surface area contributed by atoms with Crippen LogP contribution in [0.15, 0.2) is 47.6 Å². The lowest BCUT2D eigenvalue weighted by Gasteiger charge is -2.17. The van der Waals surface area contributed by atoms with Gasteiger partial charge in [-0.2, -0.15) is 0 Å². The molecule has 1 aromatic carbocycles. The molecule has 0 atom stereocenters. The second-order valence-corrected chi connectivity index (χ2v) is 5.72. The molecular weight excluding hydrogens is 288 g/mol. The predicted molar refractivity (Wildman–Crippen MR) is 93.4 cm³/mol. The maximum atomic E-state index is 5.96. The summed E-state index contributed by atoms with van der Waals surface area (Å²) in [6, 6.07) is 12.2. The monoisotopic (exact) mass is 310 g/mol. The first kappa shape index (κ1) is 15.3. The zero-order valence-electron chi connectivity index (χ0n) is 13.6. The highest BCUT2D eigenvalue weighted by Gasteiger charge is 2.13. The van der Waals surface area contributed by atoms with E-state index in [1.165, 1.54) is 0 Å². The maximum absolute atomic E-state index is 5.96. The number of aliphatic imine (C=N–C) groups is 1. The molecule has 0 amide bonds. The van der Waals surface area contributed by atoms with Crippen LogP contribution in [0, 0.1) is 0 Å². The Morgan fingerprint density at radius 1 is 1.22 bits per heavy atom. The molecule has 0 aliphatic carbocycles. The fourth-order valence-corrected chi connectivity index (χ4v) is 2.48. The number of benzene rings is 1.